The summed E-state index contributed by atoms with van der Waals surface area (Å²) in [7, 11) is 1.65. The Morgan fingerprint density at radius 1 is 1.24 bits per heavy atom. The van der Waals surface area contributed by atoms with Crippen LogP contribution in [0, 0.1) is 0 Å². The zero-order valence-electron chi connectivity index (χ0n) is 13.1. The number of hydrogen-bond donors (Lipinski definition) is 1. The van der Waals surface area contributed by atoms with Crippen molar-refractivity contribution in [1.82, 2.24) is 15.5 Å². The number of rotatable bonds is 7. The number of methoxy groups -OCH3 is 1. The van der Waals surface area contributed by atoms with Crippen molar-refractivity contribution in [3.8, 4) is 17.1 Å². The highest BCUT2D eigenvalue weighted by atomic mass is 16.5. The SMILES string of the molecule is CCCNC(C)C(C)c1nc(-c2ccc(OC)cc2)no1. The zero-order valence-corrected chi connectivity index (χ0v) is 13.1. The van der Waals surface area contributed by atoms with Gasteiger partial charge in [0, 0.05) is 11.6 Å². The van der Waals surface area contributed by atoms with Crippen LogP contribution in [0.2, 0.25) is 0 Å². The molecule has 0 amide bonds. The first kappa shape index (κ1) is 15.5. The van der Waals surface area contributed by atoms with Gasteiger partial charge in [-0.05, 0) is 44.2 Å². The van der Waals surface area contributed by atoms with Crippen molar-refractivity contribution in [3.63, 3.8) is 0 Å². The molecule has 0 fully saturated rings. The smallest absolute Gasteiger partial charge is 0.231 e. The molecule has 0 bridgehead atoms. The summed E-state index contributed by atoms with van der Waals surface area (Å²) in [4.78, 5) is 4.51. The molecule has 1 aromatic heterocycles. The predicted molar refractivity (Wildman–Crippen MR) is 82.5 cm³/mol. The van der Waals surface area contributed by atoms with Gasteiger partial charge in [-0.15, -0.1) is 0 Å². The molecule has 1 N–H and O–H groups in total. The Hall–Kier alpha value is -1.88. The average Bonchev–Trinajstić information content (AvgIpc) is 3.01. The van der Waals surface area contributed by atoms with Gasteiger partial charge in [-0.2, -0.15) is 4.98 Å². The molecule has 2 atom stereocenters. The molecule has 1 aromatic carbocycles. The molecule has 0 saturated carbocycles. The molecule has 2 aromatic rings. The summed E-state index contributed by atoms with van der Waals surface area (Å²) in [6, 6.07) is 7.93. The standard InChI is InChI=1S/C16H23N3O2/c1-5-10-17-12(3)11(2)16-18-15(19-21-16)13-6-8-14(20-4)9-7-13/h6-9,11-12,17H,5,10H2,1-4H3. The van der Waals surface area contributed by atoms with E-state index in [4.69, 9.17) is 9.26 Å². The predicted octanol–water partition coefficient (Wildman–Crippen LogP) is 3.24. The Balaban J connectivity index is 2.09. The van der Waals surface area contributed by atoms with Crippen molar-refractivity contribution in [1.29, 1.82) is 0 Å². The monoisotopic (exact) mass is 289 g/mol. The van der Waals surface area contributed by atoms with E-state index in [1.807, 2.05) is 24.3 Å². The molecule has 0 aliphatic carbocycles. The van der Waals surface area contributed by atoms with Gasteiger partial charge in [-0.25, -0.2) is 0 Å². The van der Waals surface area contributed by atoms with Crippen LogP contribution in [0.15, 0.2) is 28.8 Å². The van der Waals surface area contributed by atoms with Gasteiger partial charge < -0.3 is 14.6 Å². The van der Waals surface area contributed by atoms with Gasteiger partial charge in [0.15, 0.2) is 0 Å². The molecule has 0 aliphatic rings. The summed E-state index contributed by atoms with van der Waals surface area (Å²) >= 11 is 0. The molecular formula is C16H23N3O2. The maximum Gasteiger partial charge on any atom is 0.231 e. The first-order valence-corrected chi connectivity index (χ1v) is 7.37. The molecule has 2 rings (SSSR count). The van der Waals surface area contributed by atoms with Crippen molar-refractivity contribution in [2.45, 2.75) is 39.2 Å². The van der Waals surface area contributed by atoms with E-state index in [1.54, 1.807) is 7.11 Å². The lowest BCUT2D eigenvalue weighted by molar-refractivity contribution is 0.331. The first-order chi connectivity index (χ1) is 10.2. The van der Waals surface area contributed by atoms with Crippen LogP contribution in [0.25, 0.3) is 11.4 Å². The van der Waals surface area contributed by atoms with Gasteiger partial charge in [0.2, 0.25) is 11.7 Å². The van der Waals surface area contributed by atoms with Crippen LogP contribution in [-0.2, 0) is 0 Å². The summed E-state index contributed by atoms with van der Waals surface area (Å²) in [6.45, 7) is 7.38. The molecular weight excluding hydrogens is 266 g/mol. The van der Waals surface area contributed by atoms with Crippen LogP contribution in [0.4, 0.5) is 0 Å². The Morgan fingerprint density at radius 2 is 1.95 bits per heavy atom. The first-order valence-electron chi connectivity index (χ1n) is 7.37. The van der Waals surface area contributed by atoms with Crippen LogP contribution >= 0.6 is 0 Å². The van der Waals surface area contributed by atoms with Crippen molar-refractivity contribution in [2.75, 3.05) is 13.7 Å². The number of benzene rings is 1. The molecule has 0 spiro atoms. The Morgan fingerprint density at radius 3 is 2.57 bits per heavy atom. The summed E-state index contributed by atoms with van der Waals surface area (Å²) in [5, 5.41) is 7.52. The maximum atomic E-state index is 5.41. The van der Waals surface area contributed by atoms with E-state index in [0.717, 1.165) is 24.3 Å². The second-order valence-electron chi connectivity index (χ2n) is 5.22. The van der Waals surface area contributed by atoms with Crippen LogP contribution in [0.3, 0.4) is 0 Å². The lowest BCUT2D eigenvalue weighted by Crippen LogP contribution is -2.31. The van der Waals surface area contributed by atoms with Crippen LogP contribution in [0.1, 0.15) is 39.0 Å². The summed E-state index contributed by atoms with van der Waals surface area (Å²) < 4.78 is 10.6. The molecule has 5 heteroatoms. The van der Waals surface area contributed by atoms with Crippen LogP contribution < -0.4 is 10.1 Å². The van der Waals surface area contributed by atoms with E-state index in [2.05, 4.69) is 36.2 Å². The number of ether oxygens (including phenoxy) is 1. The van der Waals surface area contributed by atoms with Gasteiger partial charge >= 0.3 is 0 Å². The van der Waals surface area contributed by atoms with Gasteiger partial charge in [-0.1, -0.05) is 19.0 Å². The zero-order chi connectivity index (χ0) is 15.2. The largest absolute Gasteiger partial charge is 0.497 e. The lowest BCUT2D eigenvalue weighted by Gasteiger charge is -2.17. The third-order valence-electron chi connectivity index (χ3n) is 3.65. The van der Waals surface area contributed by atoms with Gasteiger partial charge in [0.25, 0.3) is 0 Å². The van der Waals surface area contributed by atoms with Crippen molar-refractivity contribution in [3.05, 3.63) is 30.2 Å². The summed E-state index contributed by atoms with van der Waals surface area (Å²) in [5.41, 5.74) is 0.923. The number of nitrogens with zero attached hydrogens (tertiary/aromatic N) is 2. The Bertz CT molecular complexity index is 551. The second-order valence-corrected chi connectivity index (χ2v) is 5.22. The topological polar surface area (TPSA) is 60.2 Å². The number of nitrogens with one attached hydrogen (secondary N) is 1. The third-order valence-corrected chi connectivity index (χ3v) is 3.65. The highest BCUT2D eigenvalue weighted by Gasteiger charge is 2.20. The number of aromatic nitrogens is 2. The Labute approximate surface area is 125 Å². The molecule has 0 aliphatic heterocycles. The van der Waals surface area contributed by atoms with Gasteiger partial charge in [0.1, 0.15) is 5.75 Å². The van der Waals surface area contributed by atoms with E-state index < -0.39 is 0 Å². The fourth-order valence-corrected chi connectivity index (χ4v) is 2.04. The minimum atomic E-state index is 0.177. The Kier molecular flexibility index (Phi) is 5.33. The van der Waals surface area contributed by atoms with Gasteiger partial charge in [-0.3, -0.25) is 0 Å². The molecule has 2 unspecified atom stereocenters. The maximum absolute atomic E-state index is 5.41. The van der Waals surface area contributed by atoms with E-state index >= 15 is 0 Å². The van der Waals surface area contributed by atoms with E-state index in [0.29, 0.717) is 17.8 Å². The van der Waals surface area contributed by atoms with E-state index in [9.17, 15) is 0 Å². The molecule has 1 heterocycles. The fraction of sp³-hybridized carbons (Fsp3) is 0.500. The summed E-state index contributed by atoms with van der Waals surface area (Å²) in [5.74, 6) is 2.27. The molecule has 0 radical (unpaired) electrons. The minimum absolute atomic E-state index is 0.177. The van der Waals surface area contributed by atoms with Crippen molar-refractivity contribution in [2.24, 2.45) is 0 Å². The van der Waals surface area contributed by atoms with Gasteiger partial charge in [0.05, 0.1) is 13.0 Å². The second kappa shape index (κ2) is 7.22. The third kappa shape index (κ3) is 3.82. The molecule has 5 nitrogen and oxygen atoms in total. The number of hydrogen-bond acceptors (Lipinski definition) is 5. The average molecular weight is 289 g/mol. The summed E-state index contributed by atoms with van der Waals surface area (Å²) in [6.07, 6.45) is 1.11. The molecule has 21 heavy (non-hydrogen) atoms. The van der Waals surface area contributed by atoms with Crippen LogP contribution in [-0.4, -0.2) is 29.8 Å². The van der Waals surface area contributed by atoms with Crippen molar-refractivity contribution < 1.29 is 9.26 Å². The van der Waals surface area contributed by atoms with Crippen molar-refractivity contribution >= 4 is 0 Å². The lowest BCUT2D eigenvalue weighted by atomic mass is 10.0. The highest BCUT2D eigenvalue weighted by Crippen LogP contribution is 2.23. The fourth-order valence-electron chi connectivity index (χ4n) is 2.04. The van der Waals surface area contributed by atoms with Crippen LogP contribution in [0.5, 0.6) is 5.75 Å². The molecule has 0 saturated heterocycles. The highest BCUT2D eigenvalue weighted by molar-refractivity contribution is 5.55. The van der Waals surface area contributed by atoms with E-state index in [-0.39, 0.29) is 5.92 Å². The normalized spacial score (nSPS) is 13.9. The van der Waals surface area contributed by atoms with E-state index in [1.165, 1.54) is 0 Å². The minimum Gasteiger partial charge on any atom is -0.497 e. The molecule has 114 valence electrons. The quantitative estimate of drug-likeness (QED) is 0.848.